The van der Waals surface area contributed by atoms with Gasteiger partial charge in [-0.15, -0.1) is 0 Å². The molecule has 10 heteroatoms. The fourth-order valence-electron chi connectivity index (χ4n) is 4.26. The molecule has 0 unspecified atom stereocenters. The van der Waals surface area contributed by atoms with E-state index in [1.54, 1.807) is 18.2 Å². The fourth-order valence-corrected chi connectivity index (χ4v) is 5.42. The summed E-state index contributed by atoms with van der Waals surface area (Å²) in [6.07, 6.45) is 1.98. The van der Waals surface area contributed by atoms with Crippen molar-refractivity contribution in [1.29, 1.82) is 0 Å². The van der Waals surface area contributed by atoms with Crippen LogP contribution in [0.25, 0.3) is 11.3 Å². The van der Waals surface area contributed by atoms with E-state index in [0.717, 1.165) is 16.7 Å². The first kappa shape index (κ1) is 24.9. The van der Waals surface area contributed by atoms with Crippen molar-refractivity contribution in [2.75, 3.05) is 4.72 Å². The molecule has 4 rings (SSSR count). The average Bonchev–Trinajstić information content (AvgIpc) is 2.81. The molecular formula is C25H26ClN3O5S. The van der Waals surface area contributed by atoms with Crippen molar-refractivity contribution in [1.82, 2.24) is 9.97 Å². The minimum Gasteiger partial charge on any atom is -0.481 e. The third kappa shape index (κ3) is 5.74. The molecule has 2 N–H and O–H groups in total. The first-order valence-electron chi connectivity index (χ1n) is 11.3. The molecular weight excluding hydrogens is 490 g/mol. The van der Waals surface area contributed by atoms with Crippen molar-refractivity contribution in [3.8, 4) is 17.1 Å². The van der Waals surface area contributed by atoms with E-state index < -0.39 is 16.0 Å². The number of hydrogen-bond donors (Lipinski definition) is 2. The third-order valence-corrected chi connectivity index (χ3v) is 7.65. The molecule has 0 atom stereocenters. The highest BCUT2D eigenvalue weighted by Gasteiger charge is 2.27. The standard InChI is InChI=1S/C25H26ClN3O5S/c1-15-5-3-6-16(2)23(15)24-19(26)13-14-20(27-24)29-35(32,33)22-8-4-7-21(28-22)34-18-11-9-17(10-12-18)25(30)31/h3-8,13-14,17-18H,9-12H2,1-2H3,(H,27,29)(H,30,31)/t17-,18+. The normalized spacial score (nSPS) is 18.1. The Morgan fingerprint density at radius 1 is 1.00 bits per heavy atom. The van der Waals surface area contributed by atoms with Crippen molar-refractivity contribution in [2.24, 2.45) is 5.92 Å². The third-order valence-electron chi connectivity index (χ3n) is 6.09. The molecule has 3 aromatic rings. The summed E-state index contributed by atoms with van der Waals surface area (Å²) in [5.41, 5.74) is 3.29. The number of sulfonamides is 1. The number of aryl methyl sites for hydroxylation is 2. The molecule has 0 aliphatic heterocycles. The summed E-state index contributed by atoms with van der Waals surface area (Å²) in [6, 6.07) is 13.4. The van der Waals surface area contributed by atoms with E-state index in [-0.39, 0.29) is 28.7 Å². The number of rotatable bonds is 7. The maximum Gasteiger partial charge on any atom is 0.306 e. The average molecular weight is 516 g/mol. The molecule has 0 bridgehead atoms. The highest BCUT2D eigenvalue weighted by molar-refractivity contribution is 7.92. The lowest BCUT2D eigenvalue weighted by atomic mass is 9.87. The summed E-state index contributed by atoms with van der Waals surface area (Å²) < 4.78 is 34.5. The highest BCUT2D eigenvalue weighted by atomic mass is 35.5. The van der Waals surface area contributed by atoms with E-state index in [1.165, 1.54) is 12.1 Å². The van der Waals surface area contributed by atoms with Crippen LogP contribution in [0, 0.1) is 19.8 Å². The largest absolute Gasteiger partial charge is 0.481 e. The van der Waals surface area contributed by atoms with E-state index in [9.17, 15) is 13.2 Å². The zero-order valence-electron chi connectivity index (χ0n) is 19.4. The van der Waals surface area contributed by atoms with E-state index in [2.05, 4.69) is 14.7 Å². The second kappa shape index (κ2) is 10.2. The van der Waals surface area contributed by atoms with Gasteiger partial charge in [-0.25, -0.2) is 4.98 Å². The molecule has 0 spiro atoms. The minimum atomic E-state index is -4.05. The Labute approximate surface area is 209 Å². The van der Waals surface area contributed by atoms with E-state index in [1.807, 2.05) is 32.0 Å². The number of carboxylic acid groups (broad SMARTS) is 1. The Hall–Kier alpha value is -3.17. The Balaban J connectivity index is 1.53. The van der Waals surface area contributed by atoms with Crippen LogP contribution in [0.2, 0.25) is 5.02 Å². The predicted molar refractivity (Wildman–Crippen MR) is 133 cm³/mol. The molecule has 0 radical (unpaired) electrons. The highest BCUT2D eigenvalue weighted by Crippen LogP contribution is 2.33. The molecule has 35 heavy (non-hydrogen) atoms. The van der Waals surface area contributed by atoms with Crippen molar-refractivity contribution in [2.45, 2.75) is 50.7 Å². The lowest BCUT2D eigenvalue weighted by molar-refractivity contribution is -0.143. The summed E-state index contributed by atoms with van der Waals surface area (Å²) >= 11 is 6.40. The molecule has 2 heterocycles. The number of nitrogens with one attached hydrogen (secondary N) is 1. The number of carboxylic acids is 1. The summed E-state index contributed by atoms with van der Waals surface area (Å²) in [7, 11) is -4.05. The SMILES string of the molecule is Cc1cccc(C)c1-c1nc(NS(=O)(=O)c2cccc(O[C@H]3CC[C@@H](C(=O)O)CC3)n2)ccc1Cl. The lowest BCUT2D eigenvalue weighted by Gasteiger charge is -2.26. The minimum absolute atomic E-state index is 0.118. The van der Waals surface area contributed by atoms with Crippen LogP contribution in [-0.4, -0.2) is 35.6 Å². The Morgan fingerprint density at radius 2 is 1.66 bits per heavy atom. The van der Waals surface area contributed by atoms with Crippen LogP contribution >= 0.6 is 11.6 Å². The topological polar surface area (TPSA) is 118 Å². The molecule has 8 nitrogen and oxygen atoms in total. The van der Waals surface area contributed by atoms with Gasteiger partial charge in [0.15, 0.2) is 5.03 Å². The fraction of sp³-hybridized carbons (Fsp3) is 0.320. The Kier molecular flexibility index (Phi) is 7.28. The Morgan fingerprint density at radius 3 is 2.31 bits per heavy atom. The van der Waals surface area contributed by atoms with Gasteiger partial charge in [0.2, 0.25) is 5.88 Å². The molecule has 1 fully saturated rings. The van der Waals surface area contributed by atoms with Gasteiger partial charge in [0.25, 0.3) is 10.0 Å². The number of carbonyl (C=O) groups is 1. The second-order valence-corrected chi connectivity index (χ2v) is 10.7. The quantitative estimate of drug-likeness (QED) is 0.441. The van der Waals surface area contributed by atoms with Crippen LogP contribution in [-0.2, 0) is 14.8 Å². The maximum atomic E-state index is 13.1. The van der Waals surface area contributed by atoms with Gasteiger partial charge in [-0.1, -0.05) is 35.9 Å². The summed E-state index contributed by atoms with van der Waals surface area (Å²) in [6.45, 7) is 3.89. The number of halogens is 1. The zero-order chi connectivity index (χ0) is 25.2. The van der Waals surface area contributed by atoms with Crippen LogP contribution in [0.15, 0.2) is 53.6 Å². The molecule has 1 aliphatic carbocycles. The summed E-state index contributed by atoms with van der Waals surface area (Å²) in [4.78, 5) is 19.8. The lowest BCUT2D eigenvalue weighted by Crippen LogP contribution is -2.28. The number of ether oxygens (including phenoxy) is 1. The molecule has 184 valence electrons. The van der Waals surface area contributed by atoms with Crippen LogP contribution in [0.4, 0.5) is 5.82 Å². The zero-order valence-corrected chi connectivity index (χ0v) is 20.9. The number of pyridine rings is 2. The number of hydrogen-bond acceptors (Lipinski definition) is 6. The van der Waals surface area contributed by atoms with Crippen molar-refractivity contribution in [3.05, 3.63) is 64.7 Å². The van der Waals surface area contributed by atoms with Gasteiger partial charge in [-0.05, 0) is 68.9 Å². The predicted octanol–water partition coefficient (Wildman–Crippen LogP) is 5.24. The van der Waals surface area contributed by atoms with Gasteiger partial charge in [-0.2, -0.15) is 13.4 Å². The van der Waals surface area contributed by atoms with Crippen LogP contribution in [0.5, 0.6) is 5.88 Å². The number of aliphatic carboxylic acids is 1. The summed E-state index contributed by atoms with van der Waals surface area (Å²) in [5.74, 6) is -0.865. The first-order chi connectivity index (χ1) is 16.6. The second-order valence-electron chi connectivity index (χ2n) is 8.64. The van der Waals surface area contributed by atoms with E-state index >= 15 is 0 Å². The number of aromatic nitrogens is 2. The molecule has 1 aromatic carbocycles. The van der Waals surface area contributed by atoms with Crippen molar-refractivity contribution < 1.29 is 23.1 Å². The number of anilines is 1. The Bertz CT molecular complexity index is 1330. The van der Waals surface area contributed by atoms with Crippen molar-refractivity contribution in [3.63, 3.8) is 0 Å². The van der Waals surface area contributed by atoms with Gasteiger partial charge >= 0.3 is 5.97 Å². The molecule has 1 saturated carbocycles. The first-order valence-corrected chi connectivity index (χ1v) is 13.1. The maximum absolute atomic E-state index is 13.1. The van der Waals surface area contributed by atoms with E-state index in [0.29, 0.717) is 36.4 Å². The van der Waals surface area contributed by atoms with Gasteiger partial charge in [0, 0.05) is 11.6 Å². The van der Waals surface area contributed by atoms with Gasteiger partial charge in [-0.3, -0.25) is 9.52 Å². The number of benzene rings is 1. The molecule has 2 aromatic heterocycles. The summed E-state index contributed by atoms with van der Waals surface area (Å²) in [5, 5.41) is 9.35. The van der Waals surface area contributed by atoms with Gasteiger partial charge in [0.05, 0.1) is 16.6 Å². The molecule has 1 aliphatic rings. The van der Waals surface area contributed by atoms with Crippen LogP contribution in [0.1, 0.15) is 36.8 Å². The van der Waals surface area contributed by atoms with E-state index in [4.69, 9.17) is 21.4 Å². The smallest absolute Gasteiger partial charge is 0.306 e. The molecule has 0 saturated heterocycles. The van der Waals surface area contributed by atoms with Gasteiger partial charge in [0.1, 0.15) is 11.9 Å². The van der Waals surface area contributed by atoms with Crippen molar-refractivity contribution >= 4 is 33.4 Å². The van der Waals surface area contributed by atoms with Crippen LogP contribution < -0.4 is 9.46 Å². The monoisotopic (exact) mass is 515 g/mol. The number of nitrogens with zero attached hydrogens (tertiary/aromatic N) is 2. The van der Waals surface area contributed by atoms with Gasteiger partial charge < -0.3 is 9.84 Å². The van der Waals surface area contributed by atoms with Crippen LogP contribution in [0.3, 0.4) is 0 Å². The molecule has 0 amide bonds.